The SMILES string of the molecule is COC(=O)[C@H](Cc1ccc2ccccc2n1)NC(=O)[C@@H](O)c1ccccc1. The highest BCUT2D eigenvalue weighted by atomic mass is 16.5. The van der Waals surface area contributed by atoms with Gasteiger partial charge in [-0.25, -0.2) is 4.79 Å². The van der Waals surface area contributed by atoms with Gasteiger partial charge in [0.25, 0.3) is 5.91 Å². The van der Waals surface area contributed by atoms with E-state index >= 15 is 0 Å². The van der Waals surface area contributed by atoms with Gasteiger partial charge in [-0.15, -0.1) is 0 Å². The Labute approximate surface area is 156 Å². The summed E-state index contributed by atoms with van der Waals surface area (Å²) in [4.78, 5) is 29.0. The molecule has 3 rings (SSSR count). The van der Waals surface area contributed by atoms with E-state index in [1.54, 1.807) is 36.4 Å². The Bertz CT molecular complexity index is 943. The zero-order chi connectivity index (χ0) is 19.2. The number of hydrogen-bond donors (Lipinski definition) is 2. The van der Waals surface area contributed by atoms with Crippen molar-refractivity contribution in [3.05, 3.63) is 78.0 Å². The molecule has 0 saturated heterocycles. The Morgan fingerprint density at radius 1 is 1.04 bits per heavy atom. The van der Waals surface area contributed by atoms with E-state index in [2.05, 4.69) is 10.3 Å². The second-order valence-corrected chi connectivity index (χ2v) is 6.10. The van der Waals surface area contributed by atoms with Crippen molar-refractivity contribution >= 4 is 22.8 Å². The molecule has 1 aromatic heterocycles. The van der Waals surface area contributed by atoms with Crippen LogP contribution in [0.3, 0.4) is 0 Å². The first-order valence-corrected chi connectivity index (χ1v) is 8.54. The van der Waals surface area contributed by atoms with Crippen molar-refractivity contribution in [2.24, 2.45) is 0 Å². The summed E-state index contributed by atoms with van der Waals surface area (Å²) < 4.78 is 4.80. The van der Waals surface area contributed by atoms with E-state index in [4.69, 9.17) is 4.74 Å². The summed E-state index contributed by atoms with van der Waals surface area (Å²) in [5, 5.41) is 13.8. The molecule has 27 heavy (non-hydrogen) atoms. The van der Waals surface area contributed by atoms with E-state index in [1.807, 2.05) is 30.3 Å². The fourth-order valence-corrected chi connectivity index (χ4v) is 2.80. The van der Waals surface area contributed by atoms with Gasteiger partial charge in [-0.3, -0.25) is 9.78 Å². The number of benzene rings is 2. The minimum absolute atomic E-state index is 0.157. The van der Waals surface area contributed by atoms with Gasteiger partial charge < -0.3 is 15.2 Å². The van der Waals surface area contributed by atoms with Crippen molar-refractivity contribution in [3.63, 3.8) is 0 Å². The lowest BCUT2D eigenvalue weighted by Gasteiger charge is -2.19. The van der Waals surface area contributed by atoms with E-state index in [1.165, 1.54) is 7.11 Å². The number of hydrogen-bond acceptors (Lipinski definition) is 5. The Morgan fingerprint density at radius 2 is 1.74 bits per heavy atom. The number of para-hydroxylation sites is 1. The van der Waals surface area contributed by atoms with Crippen molar-refractivity contribution in [3.8, 4) is 0 Å². The van der Waals surface area contributed by atoms with Crippen LogP contribution in [0, 0.1) is 0 Å². The minimum atomic E-state index is -1.37. The molecule has 0 saturated carbocycles. The molecule has 1 amide bonds. The molecule has 2 aromatic carbocycles. The van der Waals surface area contributed by atoms with Gasteiger partial charge in [0.1, 0.15) is 6.04 Å². The van der Waals surface area contributed by atoms with Crippen LogP contribution in [-0.4, -0.2) is 35.1 Å². The van der Waals surface area contributed by atoms with Crippen molar-refractivity contribution in [2.45, 2.75) is 18.6 Å². The smallest absolute Gasteiger partial charge is 0.328 e. The van der Waals surface area contributed by atoms with Gasteiger partial charge in [-0.2, -0.15) is 0 Å². The maximum absolute atomic E-state index is 12.4. The van der Waals surface area contributed by atoms with Crippen LogP contribution in [0.25, 0.3) is 10.9 Å². The Kier molecular flexibility index (Phi) is 5.78. The molecule has 0 aliphatic rings. The molecule has 2 N–H and O–H groups in total. The van der Waals surface area contributed by atoms with Crippen LogP contribution in [0.2, 0.25) is 0 Å². The number of carbonyl (C=O) groups excluding carboxylic acids is 2. The lowest BCUT2D eigenvalue weighted by Crippen LogP contribution is -2.45. The van der Waals surface area contributed by atoms with E-state index < -0.39 is 24.0 Å². The van der Waals surface area contributed by atoms with Gasteiger partial charge in [0, 0.05) is 17.5 Å². The minimum Gasteiger partial charge on any atom is -0.467 e. The third-order valence-electron chi connectivity index (χ3n) is 4.24. The highest BCUT2D eigenvalue weighted by molar-refractivity contribution is 5.87. The van der Waals surface area contributed by atoms with Crippen LogP contribution in [0.5, 0.6) is 0 Å². The predicted molar refractivity (Wildman–Crippen MR) is 101 cm³/mol. The van der Waals surface area contributed by atoms with Gasteiger partial charge >= 0.3 is 5.97 Å². The number of fused-ring (bicyclic) bond motifs is 1. The first-order chi connectivity index (χ1) is 13.1. The van der Waals surface area contributed by atoms with Gasteiger partial charge in [0.15, 0.2) is 6.10 Å². The zero-order valence-electron chi connectivity index (χ0n) is 14.8. The molecular formula is C21H20N2O4. The highest BCUT2D eigenvalue weighted by Crippen LogP contribution is 2.15. The largest absolute Gasteiger partial charge is 0.467 e. The fraction of sp³-hybridized carbons (Fsp3) is 0.190. The zero-order valence-corrected chi connectivity index (χ0v) is 14.8. The topological polar surface area (TPSA) is 88.5 Å². The predicted octanol–water partition coefficient (Wildman–Crippen LogP) is 2.17. The van der Waals surface area contributed by atoms with Crippen LogP contribution >= 0.6 is 0 Å². The standard InChI is InChI=1S/C21H20N2O4/c1-27-21(26)18(23-20(25)19(24)15-8-3-2-4-9-15)13-16-12-11-14-7-5-6-10-17(14)22-16/h2-12,18-19,24H,13H2,1H3,(H,23,25)/t18-,19-/m0/s1. The molecule has 0 bridgehead atoms. The van der Waals surface area contributed by atoms with E-state index in [9.17, 15) is 14.7 Å². The molecule has 6 nitrogen and oxygen atoms in total. The molecule has 0 unspecified atom stereocenters. The van der Waals surface area contributed by atoms with Crippen LogP contribution in [0.4, 0.5) is 0 Å². The maximum atomic E-state index is 12.4. The normalized spacial score (nSPS) is 13.0. The monoisotopic (exact) mass is 364 g/mol. The summed E-state index contributed by atoms with van der Waals surface area (Å²) >= 11 is 0. The van der Waals surface area contributed by atoms with Crippen LogP contribution in [0.1, 0.15) is 17.4 Å². The number of ether oxygens (including phenoxy) is 1. The van der Waals surface area contributed by atoms with Gasteiger partial charge in [-0.05, 0) is 17.7 Å². The van der Waals surface area contributed by atoms with Gasteiger partial charge in [0.2, 0.25) is 0 Å². The second kappa shape index (κ2) is 8.42. The lowest BCUT2D eigenvalue weighted by molar-refractivity contribution is -0.146. The number of methoxy groups -OCH3 is 1. The average molecular weight is 364 g/mol. The second-order valence-electron chi connectivity index (χ2n) is 6.10. The number of rotatable bonds is 6. The quantitative estimate of drug-likeness (QED) is 0.655. The third-order valence-corrected chi connectivity index (χ3v) is 4.24. The van der Waals surface area contributed by atoms with Gasteiger partial charge in [-0.1, -0.05) is 54.6 Å². The van der Waals surface area contributed by atoms with Crippen LogP contribution in [-0.2, 0) is 20.7 Å². The molecule has 138 valence electrons. The summed E-state index contributed by atoms with van der Waals surface area (Å²) in [6, 6.07) is 18.9. The number of carbonyl (C=O) groups is 2. The maximum Gasteiger partial charge on any atom is 0.328 e. The first-order valence-electron chi connectivity index (χ1n) is 8.54. The molecular weight excluding hydrogens is 344 g/mol. The lowest BCUT2D eigenvalue weighted by atomic mass is 10.1. The number of pyridine rings is 1. The molecule has 6 heteroatoms. The number of nitrogens with one attached hydrogen (secondary N) is 1. The molecule has 0 aliphatic heterocycles. The summed E-state index contributed by atoms with van der Waals surface area (Å²) in [5.74, 6) is -1.27. The van der Waals surface area contributed by atoms with Crippen LogP contribution in [0.15, 0.2) is 66.7 Å². The van der Waals surface area contributed by atoms with Crippen molar-refractivity contribution < 1.29 is 19.4 Å². The van der Waals surface area contributed by atoms with E-state index in [-0.39, 0.29) is 6.42 Å². The number of aliphatic hydroxyl groups excluding tert-OH is 1. The molecule has 2 atom stereocenters. The number of aromatic nitrogens is 1. The van der Waals surface area contributed by atoms with Crippen LogP contribution < -0.4 is 5.32 Å². The third kappa shape index (κ3) is 4.48. The Hall–Kier alpha value is -3.25. The molecule has 1 heterocycles. The van der Waals surface area contributed by atoms with E-state index in [0.29, 0.717) is 11.3 Å². The molecule has 0 aliphatic carbocycles. The number of amides is 1. The summed E-state index contributed by atoms with van der Waals surface area (Å²) in [7, 11) is 1.25. The molecule has 0 spiro atoms. The van der Waals surface area contributed by atoms with Crippen molar-refractivity contribution in [2.75, 3.05) is 7.11 Å². The fourth-order valence-electron chi connectivity index (χ4n) is 2.80. The first kappa shape index (κ1) is 18.5. The summed E-state index contributed by atoms with van der Waals surface area (Å²) in [6.45, 7) is 0. The van der Waals surface area contributed by atoms with E-state index in [0.717, 1.165) is 10.9 Å². The number of esters is 1. The van der Waals surface area contributed by atoms with Gasteiger partial charge in [0.05, 0.1) is 12.6 Å². The number of nitrogens with zero attached hydrogens (tertiary/aromatic N) is 1. The Balaban J connectivity index is 1.77. The Morgan fingerprint density at radius 3 is 2.48 bits per heavy atom. The molecule has 0 radical (unpaired) electrons. The average Bonchev–Trinajstić information content (AvgIpc) is 2.72. The van der Waals surface area contributed by atoms with Crippen molar-refractivity contribution in [1.29, 1.82) is 0 Å². The highest BCUT2D eigenvalue weighted by Gasteiger charge is 2.26. The molecule has 0 fully saturated rings. The summed E-state index contributed by atoms with van der Waals surface area (Å²) in [5.41, 5.74) is 1.88. The summed E-state index contributed by atoms with van der Waals surface area (Å²) in [6.07, 6.45) is -1.21. The number of aliphatic hydroxyl groups is 1. The molecule has 3 aromatic rings. The van der Waals surface area contributed by atoms with Crippen molar-refractivity contribution in [1.82, 2.24) is 10.3 Å².